The van der Waals surface area contributed by atoms with E-state index in [-0.39, 0.29) is 24.8 Å². The van der Waals surface area contributed by atoms with E-state index in [1.807, 2.05) is 30.3 Å². The number of amides is 3. The van der Waals surface area contributed by atoms with Crippen LogP contribution in [0.5, 0.6) is 5.75 Å². The number of fused-ring (bicyclic) bond motifs is 1. The van der Waals surface area contributed by atoms with Gasteiger partial charge in [-0.05, 0) is 29.7 Å². The van der Waals surface area contributed by atoms with Crippen LogP contribution in [0.3, 0.4) is 0 Å². The van der Waals surface area contributed by atoms with Crippen LogP contribution in [0.25, 0.3) is 0 Å². The highest BCUT2D eigenvalue weighted by Gasteiger charge is 2.40. The van der Waals surface area contributed by atoms with Crippen molar-refractivity contribution in [2.24, 2.45) is 0 Å². The molecule has 1 aromatic heterocycles. The number of carbonyl (C=O) groups is 3. The zero-order valence-electron chi connectivity index (χ0n) is 17.2. The van der Waals surface area contributed by atoms with Crippen LogP contribution in [-0.4, -0.2) is 43.4 Å². The molecule has 3 heterocycles. The smallest absolute Gasteiger partial charge is 0.255 e. The summed E-state index contributed by atoms with van der Waals surface area (Å²) in [6.07, 6.45) is 3.74. The minimum absolute atomic E-state index is 0.211. The predicted octanol–water partition coefficient (Wildman–Crippen LogP) is 1.67. The van der Waals surface area contributed by atoms with Crippen LogP contribution in [0.2, 0.25) is 0 Å². The standard InChI is InChI=1S/C23H21N5O4/c29-21-9-8-19(22(30)26-21)28-11-18-17(23(28)31)2-1-3-20(18)32-12-16-6-4-15(5-7-16)10-27-14-24-13-25-27/h1-7,13-14,19H,8-12H2,(H,26,29,30). The van der Waals surface area contributed by atoms with Gasteiger partial charge in [0.05, 0.1) is 13.1 Å². The maximum absolute atomic E-state index is 12.9. The first-order valence-corrected chi connectivity index (χ1v) is 10.4. The molecule has 1 N–H and O–H groups in total. The largest absolute Gasteiger partial charge is 0.489 e. The van der Waals surface area contributed by atoms with Gasteiger partial charge in [0.2, 0.25) is 11.8 Å². The highest BCUT2D eigenvalue weighted by atomic mass is 16.5. The summed E-state index contributed by atoms with van der Waals surface area (Å²) in [5, 5.41) is 6.43. The van der Waals surface area contributed by atoms with Crippen molar-refractivity contribution in [2.45, 2.75) is 38.6 Å². The normalized spacial score (nSPS) is 17.9. The summed E-state index contributed by atoms with van der Waals surface area (Å²) in [6, 6.07) is 12.7. The van der Waals surface area contributed by atoms with Crippen molar-refractivity contribution < 1.29 is 19.1 Å². The molecule has 9 heteroatoms. The molecule has 32 heavy (non-hydrogen) atoms. The molecule has 1 unspecified atom stereocenters. The van der Waals surface area contributed by atoms with E-state index in [4.69, 9.17) is 4.74 Å². The van der Waals surface area contributed by atoms with E-state index in [1.165, 1.54) is 11.2 Å². The fraction of sp³-hybridized carbons (Fsp3) is 0.261. The zero-order valence-corrected chi connectivity index (χ0v) is 17.2. The lowest BCUT2D eigenvalue weighted by Crippen LogP contribution is -2.52. The van der Waals surface area contributed by atoms with Crippen LogP contribution in [0, 0.1) is 0 Å². The van der Waals surface area contributed by atoms with Gasteiger partial charge in [0.25, 0.3) is 5.91 Å². The van der Waals surface area contributed by atoms with Crippen LogP contribution >= 0.6 is 0 Å². The Morgan fingerprint density at radius 2 is 1.88 bits per heavy atom. The SMILES string of the molecule is O=C1CCC(N2Cc3c(OCc4ccc(Cn5cncn5)cc4)cccc3C2=O)C(=O)N1. The molecule has 3 aromatic rings. The number of piperidine rings is 1. The number of benzene rings is 2. The van der Waals surface area contributed by atoms with Gasteiger partial charge in [-0.25, -0.2) is 9.67 Å². The van der Waals surface area contributed by atoms with Crippen LogP contribution in [0.15, 0.2) is 55.1 Å². The van der Waals surface area contributed by atoms with Crippen molar-refractivity contribution in [2.75, 3.05) is 0 Å². The van der Waals surface area contributed by atoms with E-state index in [0.717, 1.165) is 16.7 Å². The monoisotopic (exact) mass is 431 g/mol. The fourth-order valence-electron chi connectivity index (χ4n) is 4.10. The van der Waals surface area contributed by atoms with E-state index < -0.39 is 11.9 Å². The first kappa shape index (κ1) is 19.9. The van der Waals surface area contributed by atoms with Crippen molar-refractivity contribution in [1.29, 1.82) is 0 Å². The van der Waals surface area contributed by atoms with Gasteiger partial charge in [-0.2, -0.15) is 5.10 Å². The maximum Gasteiger partial charge on any atom is 0.255 e. The maximum atomic E-state index is 12.9. The van der Waals surface area contributed by atoms with Crippen LogP contribution in [-0.2, 0) is 29.3 Å². The van der Waals surface area contributed by atoms with Crippen LogP contribution in [0.1, 0.15) is 39.9 Å². The Morgan fingerprint density at radius 1 is 1.06 bits per heavy atom. The van der Waals surface area contributed by atoms with Crippen molar-refractivity contribution >= 4 is 17.7 Å². The molecule has 2 aromatic carbocycles. The first-order chi connectivity index (χ1) is 15.6. The molecule has 162 valence electrons. The Labute approximate surface area is 184 Å². The fourth-order valence-corrected chi connectivity index (χ4v) is 4.10. The Kier molecular flexibility index (Phi) is 5.14. The van der Waals surface area contributed by atoms with E-state index in [9.17, 15) is 14.4 Å². The first-order valence-electron chi connectivity index (χ1n) is 10.4. The van der Waals surface area contributed by atoms with Gasteiger partial charge in [0.1, 0.15) is 31.1 Å². The summed E-state index contributed by atoms with van der Waals surface area (Å²) in [4.78, 5) is 42.1. The summed E-state index contributed by atoms with van der Waals surface area (Å²) in [6.45, 7) is 1.28. The summed E-state index contributed by atoms with van der Waals surface area (Å²) >= 11 is 0. The number of ether oxygens (including phenoxy) is 1. The predicted molar refractivity (Wildman–Crippen MR) is 112 cm³/mol. The molecule has 0 saturated carbocycles. The van der Waals surface area contributed by atoms with E-state index in [2.05, 4.69) is 15.4 Å². The van der Waals surface area contributed by atoms with Gasteiger partial charge in [-0.3, -0.25) is 19.7 Å². The molecule has 0 spiro atoms. The lowest BCUT2D eigenvalue weighted by atomic mass is 10.0. The second kappa shape index (κ2) is 8.26. The van der Waals surface area contributed by atoms with Gasteiger partial charge in [0, 0.05) is 17.5 Å². The summed E-state index contributed by atoms with van der Waals surface area (Å²) < 4.78 is 7.80. The minimum Gasteiger partial charge on any atom is -0.489 e. The molecule has 0 aliphatic carbocycles. The Bertz CT molecular complexity index is 1170. The number of nitrogens with one attached hydrogen (secondary N) is 1. The average molecular weight is 431 g/mol. The number of imide groups is 1. The summed E-state index contributed by atoms with van der Waals surface area (Å²) in [5.41, 5.74) is 3.40. The molecule has 5 rings (SSSR count). The van der Waals surface area contributed by atoms with Gasteiger partial charge in [-0.15, -0.1) is 0 Å². The second-order valence-electron chi connectivity index (χ2n) is 7.88. The zero-order chi connectivity index (χ0) is 22.1. The third-order valence-electron chi connectivity index (χ3n) is 5.77. The lowest BCUT2D eigenvalue weighted by Gasteiger charge is -2.29. The number of carbonyl (C=O) groups excluding carboxylic acids is 3. The lowest BCUT2D eigenvalue weighted by molar-refractivity contribution is -0.136. The van der Waals surface area contributed by atoms with Crippen molar-refractivity contribution in [3.63, 3.8) is 0 Å². The molecule has 1 atom stereocenters. The van der Waals surface area contributed by atoms with Crippen LogP contribution < -0.4 is 10.1 Å². The Hall–Kier alpha value is -4.01. The molecular weight excluding hydrogens is 410 g/mol. The van der Waals surface area contributed by atoms with Crippen molar-refractivity contribution in [3.05, 3.63) is 77.4 Å². The Morgan fingerprint density at radius 3 is 2.62 bits per heavy atom. The molecular formula is C23H21N5O4. The number of hydrogen-bond acceptors (Lipinski definition) is 6. The molecule has 0 radical (unpaired) electrons. The molecule has 1 fully saturated rings. The van der Waals surface area contributed by atoms with Gasteiger partial charge in [0.15, 0.2) is 0 Å². The summed E-state index contributed by atoms with van der Waals surface area (Å²) in [5.74, 6) is -0.308. The van der Waals surface area contributed by atoms with Crippen LogP contribution in [0.4, 0.5) is 0 Å². The van der Waals surface area contributed by atoms with E-state index in [0.29, 0.717) is 30.9 Å². The van der Waals surface area contributed by atoms with Crippen molar-refractivity contribution in [3.8, 4) is 5.75 Å². The number of rotatable bonds is 6. The van der Waals surface area contributed by atoms with E-state index in [1.54, 1.807) is 23.1 Å². The number of nitrogens with zero attached hydrogens (tertiary/aromatic N) is 4. The molecule has 1 saturated heterocycles. The minimum atomic E-state index is -0.641. The molecule has 9 nitrogen and oxygen atoms in total. The topological polar surface area (TPSA) is 106 Å². The van der Waals surface area contributed by atoms with Gasteiger partial charge < -0.3 is 9.64 Å². The third kappa shape index (κ3) is 3.84. The third-order valence-corrected chi connectivity index (χ3v) is 5.77. The van der Waals surface area contributed by atoms with E-state index >= 15 is 0 Å². The average Bonchev–Trinajstić information content (AvgIpc) is 3.42. The molecule has 0 bridgehead atoms. The quantitative estimate of drug-likeness (QED) is 0.595. The highest BCUT2D eigenvalue weighted by Crippen LogP contribution is 2.33. The van der Waals surface area contributed by atoms with Gasteiger partial charge in [-0.1, -0.05) is 30.3 Å². The second-order valence-corrected chi connectivity index (χ2v) is 7.88. The van der Waals surface area contributed by atoms with Crippen molar-refractivity contribution in [1.82, 2.24) is 25.0 Å². The summed E-state index contributed by atoms with van der Waals surface area (Å²) in [7, 11) is 0. The highest BCUT2D eigenvalue weighted by molar-refractivity contribution is 6.05. The number of hydrogen-bond donors (Lipinski definition) is 1. The molecule has 2 aliphatic rings. The van der Waals surface area contributed by atoms with Gasteiger partial charge >= 0.3 is 0 Å². The number of aromatic nitrogens is 3. The Balaban J connectivity index is 1.27. The molecule has 3 amide bonds. The molecule has 2 aliphatic heterocycles.